The zero-order valence-corrected chi connectivity index (χ0v) is 17.1. The first-order chi connectivity index (χ1) is 15.2. The molecule has 2 aromatic heterocycles. The molecular formula is C24H22N4O3. The zero-order valence-electron chi connectivity index (χ0n) is 17.1. The molecule has 156 valence electrons. The zero-order chi connectivity index (χ0) is 21.5. The van der Waals surface area contributed by atoms with Gasteiger partial charge in [0.2, 0.25) is 5.82 Å². The van der Waals surface area contributed by atoms with Gasteiger partial charge in [0.25, 0.3) is 11.8 Å². The van der Waals surface area contributed by atoms with Gasteiger partial charge in [0.05, 0.1) is 0 Å². The van der Waals surface area contributed by atoms with E-state index in [1.165, 1.54) is 5.56 Å². The predicted molar refractivity (Wildman–Crippen MR) is 117 cm³/mol. The number of carbonyl (C=O) groups is 1. The molecule has 0 aliphatic heterocycles. The van der Waals surface area contributed by atoms with Crippen LogP contribution in [0.5, 0.6) is 5.75 Å². The van der Waals surface area contributed by atoms with E-state index < -0.39 is 0 Å². The summed E-state index contributed by atoms with van der Waals surface area (Å²) in [6.07, 6.45) is 5.33. The Labute approximate surface area is 180 Å². The normalized spacial score (nSPS) is 10.6. The summed E-state index contributed by atoms with van der Waals surface area (Å²) >= 11 is 0. The van der Waals surface area contributed by atoms with Crippen molar-refractivity contribution >= 4 is 11.6 Å². The van der Waals surface area contributed by atoms with Crippen molar-refractivity contribution in [2.45, 2.75) is 26.4 Å². The Morgan fingerprint density at radius 3 is 2.45 bits per heavy atom. The third-order valence-electron chi connectivity index (χ3n) is 4.64. The molecule has 0 radical (unpaired) electrons. The number of rotatable bonds is 8. The van der Waals surface area contributed by atoms with Crippen LogP contribution in [0, 0.1) is 0 Å². The average Bonchev–Trinajstić information content (AvgIpc) is 3.29. The first-order valence-corrected chi connectivity index (χ1v) is 10.1. The second-order valence-electron chi connectivity index (χ2n) is 6.96. The Kier molecular flexibility index (Phi) is 6.32. The van der Waals surface area contributed by atoms with Crippen molar-refractivity contribution in [2.75, 3.05) is 5.32 Å². The lowest BCUT2D eigenvalue weighted by Crippen LogP contribution is -2.11. The van der Waals surface area contributed by atoms with Crippen molar-refractivity contribution in [3.8, 4) is 17.1 Å². The lowest BCUT2D eigenvalue weighted by atomic mass is 10.1. The van der Waals surface area contributed by atoms with E-state index in [1.54, 1.807) is 36.7 Å². The van der Waals surface area contributed by atoms with Crippen molar-refractivity contribution in [1.82, 2.24) is 15.1 Å². The summed E-state index contributed by atoms with van der Waals surface area (Å²) in [5.74, 6) is 1.41. The number of nitrogens with one attached hydrogen (secondary N) is 1. The maximum absolute atomic E-state index is 12.2. The SMILES string of the molecule is CCCc1ccc(OCc2nc(-c3ccc(NC(=O)c4ccncc4)cc3)no2)cc1. The molecule has 4 rings (SSSR count). The summed E-state index contributed by atoms with van der Waals surface area (Å²) in [6, 6.07) is 18.6. The number of pyridine rings is 1. The van der Waals surface area contributed by atoms with Crippen LogP contribution in [0.2, 0.25) is 0 Å². The van der Waals surface area contributed by atoms with Gasteiger partial charge in [-0.25, -0.2) is 0 Å². The molecule has 4 aromatic rings. The van der Waals surface area contributed by atoms with Crippen LogP contribution in [0.1, 0.15) is 35.2 Å². The number of benzene rings is 2. The van der Waals surface area contributed by atoms with Gasteiger partial charge in [-0.2, -0.15) is 4.98 Å². The Morgan fingerprint density at radius 2 is 1.74 bits per heavy atom. The average molecular weight is 414 g/mol. The number of hydrogen-bond acceptors (Lipinski definition) is 6. The Hall–Kier alpha value is -4.00. The number of carbonyl (C=O) groups excluding carboxylic acids is 1. The van der Waals surface area contributed by atoms with E-state index in [-0.39, 0.29) is 12.5 Å². The second-order valence-corrected chi connectivity index (χ2v) is 6.96. The van der Waals surface area contributed by atoms with Gasteiger partial charge >= 0.3 is 0 Å². The fraction of sp³-hybridized carbons (Fsp3) is 0.167. The third kappa shape index (κ3) is 5.33. The molecule has 0 saturated heterocycles. The monoisotopic (exact) mass is 414 g/mol. The maximum Gasteiger partial charge on any atom is 0.264 e. The molecule has 31 heavy (non-hydrogen) atoms. The fourth-order valence-corrected chi connectivity index (χ4v) is 3.03. The summed E-state index contributed by atoms with van der Waals surface area (Å²) in [5, 5.41) is 6.86. The number of aryl methyl sites for hydroxylation is 1. The molecule has 0 aliphatic carbocycles. The summed E-state index contributed by atoms with van der Waals surface area (Å²) in [6.45, 7) is 2.35. The molecule has 0 saturated carbocycles. The molecule has 0 unspecified atom stereocenters. The van der Waals surface area contributed by atoms with E-state index in [0.29, 0.717) is 23.0 Å². The van der Waals surface area contributed by atoms with E-state index >= 15 is 0 Å². The van der Waals surface area contributed by atoms with Crippen molar-refractivity contribution in [1.29, 1.82) is 0 Å². The quantitative estimate of drug-likeness (QED) is 0.440. The van der Waals surface area contributed by atoms with Gasteiger partial charge in [0.15, 0.2) is 6.61 Å². The van der Waals surface area contributed by atoms with Gasteiger partial charge in [0, 0.05) is 29.2 Å². The smallest absolute Gasteiger partial charge is 0.264 e. The van der Waals surface area contributed by atoms with Gasteiger partial charge < -0.3 is 14.6 Å². The van der Waals surface area contributed by atoms with Crippen LogP contribution in [0.15, 0.2) is 77.6 Å². The van der Waals surface area contributed by atoms with E-state index in [4.69, 9.17) is 9.26 Å². The summed E-state index contributed by atoms with van der Waals surface area (Å²) in [5.41, 5.74) is 3.28. The van der Waals surface area contributed by atoms with Crippen molar-refractivity contribution in [3.63, 3.8) is 0 Å². The van der Waals surface area contributed by atoms with Gasteiger partial charge in [-0.05, 0) is 60.5 Å². The first-order valence-electron chi connectivity index (χ1n) is 10.1. The molecule has 0 spiro atoms. The van der Waals surface area contributed by atoms with E-state index in [1.807, 2.05) is 24.3 Å². The molecule has 7 heteroatoms. The minimum atomic E-state index is -0.197. The van der Waals surface area contributed by atoms with Crippen LogP contribution >= 0.6 is 0 Å². The molecule has 0 aliphatic rings. The van der Waals surface area contributed by atoms with E-state index in [0.717, 1.165) is 24.2 Å². The standard InChI is InChI=1S/C24H22N4O3/c1-2-3-17-4-10-21(11-5-17)30-16-22-27-23(28-31-22)18-6-8-20(9-7-18)26-24(29)19-12-14-25-15-13-19/h4-15H,2-3,16H2,1H3,(H,26,29). The molecule has 2 aromatic carbocycles. The van der Waals surface area contributed by atoms with Gasteiger partial charge in [0.1, 0.15) is 5.75 Å². The number of aromatic nitrogens is 3. The van der Waals surface area contributed by atoms with Gasteiger partial charge in [-0.1, -0.05) is 30.6 Å². The lowest BCUT2D eigenvalue weighted by molar-refractivity contribution is 0.102. The summed E-state index contributed by atoms with van der Waals surface area (Å²) < 4.78 is 11.0. The van der Waals surface area contributed by atoms with E-state index in [2.05, 4.69) is 39.5 Å². The molecule has 0 bridgehead atoms. The highest BCUT2D eigenvalue weighted by molar-refractivity contribution is 6.04. The van der Waals surface area contributed by atoms with Gasteiger partial charge in [-0.15, -0.1) is 0 Å². The number of nitrogens with zero attached hydrogens (tertiary/aromatic N) is 3. The number of amides is 1. The van der Waals surface area contributed by atoms with Crippen molar-refractivity contribution in [3.05, 3.63) is 90.1 Å². The van der Waals surface area contributed by atoms with Crippen LogP contribution in [0.25, 0.3) is 11.4 Å². The highest BCUT2D eigenvalue weighted by Gasteiger charge is 2.10. The highest BCUT2D eigenvalue weighted by atomic mass is 16.5. The van der Waals surface area contributed by atoms with Crippen LogP contribution in [0.3, 0.4) is 0 Å². The van der Waals surface area contributed by atoms with Crippen molar-refractivity contribution in [2.24, 2.45) is 0 Å². The topological polar surface area (TPSA) is 90.1 Å². The largest absolute Gasteiger partial charge is 0.484 e. The molecule has 1 amide bonds. The second kappa shape index (κ2) is 9.67. The van der Waals surface area contributed by atoms with Crippen molar-refractivity contribution < 1.29 is 14.1 Å². The maximum atomic E-state index is 12.2. The molecule has 1 N–H and O–H groups in total. The fourth-order valence-electron chi connectivity index (χ4n) is 3.03. The predicted octanol–water partition coefficient (Wildman–Crippen LogP) is 4.92. The molecule has 2 heterocycles. The molecular weight excluding hydrogens is 392 g/mol. The minimum absolute atomic E-state index is 0.195. The number of hydrogen-bond donors (Lipinski definition) is 1. The van der Waals surface area contributed by atoms with E-state index in [9.17, 15) is 4.79 Å². The third-order valence-corrected chi connectivity index (χ3v) is 4.64. The summed E-state index contributed by atoms with van der Waals surface area (Å²) in [4.78, 5) is 20.5. The first kappa shape index (κ1) is 20.3. The van der Waals surface area contributed by atoms with Crippen LogP contribution < -0.4 is 10.1 Å². The molecule has 0 atom stereocenters. The highest BCUT2D eigenvalue weighted by Crippen LogP contribution is 2.20. The van der Waals surface area contributed by atoms with Crippen LogP contribution in [-0.4, -0.2) is 21.0 Å². The number of ether oxygens (including phenoxy) is 1. The van der Waals surface area contributed by atoms with Gasteiger partial charge in [-0.3, -0.25) is 9.78 Å². The Balaban J connectivity index is 1.34. The minimum Gasteiger partial charge on any atom is -0.484 e. The number of anilines is 1. The molecule has 0 fully saturated rings. The van der Waals surface area contributed by atoms with Crippen LogP contribution in [-0.2, 0) is 13.0 Å². The Morgan fingerprint density at radius 1 is 1.00 bits per heavy atom. The molecule has 7 nitrogen and oxygen atoms in total. The Bertz CT molecular complexity index is 1120. The lowest BCUT2D eigenvalue weighted by Gasteiger charge is -2.05. The van der Waals surface area contributed by atoms with Crippen LogP contribution in [0.4, 0.5) is 5.69 Å². The summed E-state index contributed by atoms with van der Waals surface area (Å²) in [7, 11) is 0.